The minimum absolute atomic E-state index is 0.00385. The number of nitrogens with one attached hydrogen (secondary N) is 1. The van der Waals surface area contributed by atoms with Crippen LogP contribution in [-0.4, -0.2) is 34.1 Å². The lowest BCUT2D eigenvalue weighted by molar-refractivity contribution is -0.158. The summed E-state index contributed by atoms with van der Waals surface area (Å²) in [5.41, 5.74) is 1.88. The first-order valence-corrected chi connectivity index (χ1v) is 10.8. The highest BCUT2D eigenvalue weighted by Gasteiger charge is 2.53. The molecule has 2 aliphatic carbocycles. The van der Waals surface area contributed by atoms with Crippen LogP contribution in [0.2, 0.25) is 5.02 Å². The number of carbonyl (C=O) groups is 3. The number of aliphatic hydroxyl groups is 1. The summed E-state index contributed by atoms with van der Waals surface area (Å²) >= 11 is 5.98. The Balaban J connectivity index is 1.90. The zero-order valence-electron chi connectivity index (χ0n) is 18.3. The van der Waals surface area contributed by atoms with E-state index in [1.165, 1.54) is 0 Å². The van der Waals surface area contributed by atoms with E-state index < -0.39 is 23.2 Å². The Kier molecular flexibility index (Phi) is 6.60. The van der Waals surface area contributed by atoms with Crippen molar-refractivity contribution in [3.8, 4) is 0 Å². The van der Waals surface area contributed by atoms with Crippen LogP contribution < -0.4 is 5.43 Å². The van der Waals surface area contributed by atoms with Crippen molar-refractivity contribution in [1.29, 1.82) is 0 Å². The number of halogens is 1. The largest absolute Gasteiger partial charge is 0.511 e. The summed E-state index contributed by atoms with van der Waals surface area (Å²) in [7, 11) is 0. The van der Waals surface area contributed by atoms with Crippen LogP contribution >= 0.6 is 11.6 Å². The van der Waals surface area contributed by atoms with E-state index in [-0.39, 0.29) is 35.4 Å². The number of amides is 1. The summed E-state index contributed by atoms with van der Waals surface area (Å²) in [5.74, 6) is -3.03. The summed E-state index contributed by atoms with van der Waals surface area (Å²) < 4.78 is 0. The number of ketones is 1. The monoisotopic (exact) mass is 458 g/mol. The molecule has 0 aliphatic heterocycles. The van der Waals surface area contributed by atoms with Crippen LogP contribution in [0.4, 0.5) is 0 Å². The summed E-state index contributed by atoms with van der Waals surface area (Å²) in [5, 5.41) is 24.7. The number of allylic oxidation sites excluding steroid dienone is 4. The molecule has 1 aromatic rings. The predicted octanol–water partition coefficient (Wildman–Crippen LogP) is 4.54. The van der Waals surface area contributed by atoms with Crippen LogP contribution in [0.25, 0.3) is 0 Å². The number of rotatable bonds is 5. The Morgan fingerprint density at radius 1 is 1.22 bits per heavy atom. The molecule has 3 N–H and O–H groups in total. The van der Waals surface area contributed by atoms with Crippen molar-refractivity contribution in [3.63, 3.8) is 0 Å². The molecule has 1 amide bonds. The highest BCUT2D eigenvalue weighted by atomic mass is 35.5. The van der Waals surface area contributed by atoms with Crippen LogP contribution in [0, 0.1) is 10.8 Å². The maximum absolute atomic E-state index is 13.2. The fourth-order valence-corrected chi connectivity index (χ4v) is 4.57. The number of Topliss-reactive ketones (excluding diaryl/α,β-unsaturated/α-hetero) is 1. The first-order chi connectivity index (χ1) is 15.0. The van der Waals surface area contributed by atoms with Crippen molar-refractivity contribution in [2.75, 3.05) is 0 Å². The van der Waals surface area contributed by atoms with Gasteiger partial charge in [-0.05, 0) is 42.9 Å². The third-order valence-electron chi connectivity index (χ3n) is 6.21. The number of hydrogen-bond donors (Lipinski definition) is 3. The van der Waals surface area contributed by atoms with Gasteiger partial charge in [-0.15, -0.1) is 0 Å². The van der Waals surface area contributed by atoms with Crippen LogP contribution in [0.15, 0.2) is 52.3 Å². The molecule has 2 atom stereocenters. The van der Waals surface area contributed by atoms with E-state index in [1.807, 2.05) is 20.8 Å². The van der Waals surface area contributed by atoms with Gasteiger partial charge in [0.05, 0.1) is 11.8 Å². The molecule has 1 aromatic carbocycles. The summed E-state index contributed by atoms with van der Waals surface area (Å²) in [6, 6.07) is 6.79. The number of aliphatic carboxylic acids is 1. The molecule has 32 heavy (non-hydrogen) atoms. The normalized spacial score (nSPS) is 25.6. The Hall–Kier alpha value is -2.93. The van der Waals surface area contributed by atoms with Gasteiger partial charge in [0.15, 0.2) is 11.2 Å². The maximum Gasteiger partial charge on any atom is 0.320 e. The van der Waals surface area contributed by atoms with E-state index in [0.717, 1.165) is 11.8 Å². The first-order valence-electron chi connectivity index (χ1n) is 10.4. The Labute approximate surface area is 191 Å². The van der Waals surface area contributed by atoms with Crippen molar-refractivity contribution in [3.05, 3.63) is 57.8 Å². The molecule has 0 fully saturated rings. The highest BCUT2D eigenvalue weighted by Crippen LogP contribution is 2.47. The zero-order valence-corrected chi connectivity index (χ0v) is 19.1. The molecule has 0 bridgehead atoms. The van der Waals surface area contributed by atoms with Gasteiger partial charge in [0.1, 0.15) is 5.76 Å². The molecule has 170 valence electrons. The molecule has 0 aromatic heterocycles. The average molecular weight is 459 g/mol. The van der Waals surface area contributed by atoms with E-state index >= 15 is 0 Å². The van der Waals surface area contributed by atoms with Crippen LogP contribution in [0.3, 0.4) is 0 Å². The fourth-order valence-electron chi connectivity index (χ4n) is 4.44. The van der Waals surface area contributed by atoms with Gasteiger partial charge in [-0.3, -0.25) is 14.4 Å². The fraction of sp³-hybridized carbons (Fsp3) is 0.417. The lowest BCUT2D eigenvalue weighted by Crippen LogP contribution is -2.50. The second-order valence-electron chi connectivity index (χ2n) is 9.34. The summed E-state index contributed by atoms with van der Waals surface area (Å²) in [6.45, 7) is 5.65. The van der Waals surface area contributed by atoms with E-state index in [1.54, 1.807) is 30.3 Å². The number of carboxylic acids is 1. The van der Waals surface area contributed by atoms with E-state index in [9.17, 15) is 24.6 Å². The molecular weight excluding hydrogens is 432 g/mol. The molecule has 8 heteroatoms. The number of carboxylic acid groups (broad SMARTS) is 1. The lowest BCUT2D eigenvalue weighted by atomic mass is 9.64. The molecule has 7 nitrogen and oxygen atoms in total. The van der Waals surface area contributed by atoms with Gasteiger partial charge in [-0.25, -0.2) is 5.43 Å². The number of nitrogens with zero attached hydrogens (tertiary/aromatic N) is 1. The minimum atomic E-state index is -1.78. The minimum Gasteiger partial charge on any atom is -0.511 e. The molecule has 0 radical (unpaired) electrons. The SMILES string of the molecule is CC1=CC[C@](C(=O)O)(C(=O)N/N=C\C2=C(O)CC(C)(C)CC2=O)[C@@H](c2ccc(Cl)cc2)C1. The Morgan fingerprint density at radius 2 is 1.88 bits per heavy atom. The highest BCUT2D eigenvalue weighted by molar-refractivity contribution is 6.30. The predicted molar refractivity (Wildman–Crippen MR) is 122 cm³/mol. The molecule has 0 unspecified atom stereocenters. The number of benzene rings is 1. The Morgan fingerprint density at radius 3 is 2.47 bits per heavy atom. The van der Waals surface area contributed by atoms with E-state index in [2.05, 4.69) is 10.5 Å². The summed E-state index contributed by atoms with van der Waals surface area (Å²) in [4.78, 5) is 38.0. The third-order valence-corrected chi connectivity index (χ3v) is 6.46. The second-order valence-corrected chi connectivity index (χ2v) is 9.78. The topological polar surface area (TPSA) is 116 Å². The standard InChI is InChI=1S/C24H27ClN2O5/c1-14-8-9-24(22(31)32,18(10-14)15-4-6-16(25)7-5-15)21(30)27-26-13-17-19(28)11-23(2,3)12-20(17)29/h4-8,13,18,28H,9-12H2,1-3H3,(H,27,30)(H,31,32)/b26-13-/t18-,24-/m1/s1. The van der Waals surface area contributed by atoms with Gasteiger partial charge >= 0.3 is 5.97 Å². The molecule has 0 heterocycles. The van der Waals surface area contributed by atoms with E-state index in [4.69, 9.17) is 11.6 Å². The van der Waals surface area contributed by atoms with Crippen LogP contribution in [-0.2, 0) is 14.4 Å². The van der Waals surface area contributed by atoms with Gasteiger partial charge in [0.2, 0.25) is 0 Å². The van der Waals surface area contributed by atoms with Crippen LogP contribution in [0.1, 0.15) is 57.9 Å². The van der Waals surface area contributed by atoms with Crippen molar-refractivity contribution < 1.29 is 24.6 Å². The number of hydrazone groups is 1. The molecule has 0 spiro atoms. The van der Waals surface area contributed by atoms with Crippen molar-refractivity contribution in [2.45, 2.75) is 52.4 Å². The molecule has 0 saturated heterocycles. The van der Waals surface area contributed by atoms with Crippen LogP contribution in [0.5, 0.6) is 0 Å². The summed E-state index contributed by atoms with van der Waals surface area (Å²) in [6.07, 6.45) is 3.81. The molecular formula is C24H27ClN2O5. The lowest BCUT2D eigenvalue weighted by Gasteiger charge is -2.38. The van der Waals surface area contributed by atoms with Crippen molar-refractivity contribution in [1.82, 2.24) is 5.43 Å². The second kappa shape index (κ2) is 8.90. The van der Waals surface area contributed by atoms with Gasteiger partial charge in [0.25, 0.3) is 5.91 Å². The van der Waals surface area contributed by atoms with E-state index in [0.29, 0.717) is 23.4 Å². The van der Waals surface area contributed by atoms with Crippen molar-refractivity contribution >= 4 is 35.5 Å². The molecule has 2 aliphatic rings. The van der Waals surface area contributed by atoms with Gasteiger partial charge in [0, 0.05) is 23.8 Å². The first kappa shape index (κ1) is 23.7. The Bertz CT molecular complexity index is 1040. The van der Waals surface area contributed by atoms with Gasteiger partial charge in [-0.1, -0.05) is 49.2 Å². The average Bonchev–Trinajstić information content (AvgIpc) is 2.69. The van der Waals surface area contributed by atoms with Crippen molar-refractivity contribution in [2.24, 2.45) is 15.9 Å². The molecule has 3 rings (SSSR count). The number of aliphatic hydroxyl groups excluding tert-OH is 1. The zero-order chi connectivity index (χ0) is 23.7. The smallest absolute Gasteiger partial charge is 0.320 e. The third kappa shape index (κ3) is 4.63. The quantitative estimate of drug-likeness (QED) is 0.259. The molecule has 0 saturated carbocycles. The van der Waals surface area contributed by atoms with Gasteiger partial charge in [-0.2, -0.15) is 5.10 Å². The number of hydrogen-bond acceptors (Lipinski definition) is 5. The number of carbonyl (C=O) groups excluding carboxylic acids is 2. The maximum atomic E-state index is 13.2. The van der Waals surface area contributed by atoms with Gasteiger partial charge < -0.3 is 10.2 Å².